The van der Waals surface area contributed by atoms with Gasteiger partial charge in [-0.25, -0.2) is 4.39 Å². The van der Waals surface area contributed by atoms with Crippen molar-refractivity contribution in [2.24, 2.45) is 0 Å². The zero-order valence-electron chi connectivity index (χ0n) is 13.7. The summed E-state index contributed by atoms with van der Waals surface area (Å²) in [6, 6.07) is 16.1. The Bertz CT molecular complexity index is 921. The van der Waals surface area contributed by atoms with Crippen molar-refractivity contribution in [1.29, 1.82) is 0 Å². The van der Waals surface area contributed by atoms with Crippen LogP contribution in [0.4, 0.5) is 10.1 Å². The van der Waals surface area contributed by atoms with Gasteiger partial charge in [-0.2, -0.15) is 0 Å². The Hall–Kier alpha value is -3.08. The fraction of sp³-hybridized carbons (Fsp3) is 0.150. The van der Waals surface area contributed by atoms with Crippen LogP contribution in [0.2, 0.25) is 0 Å². The van der Waals surface area contributed by atoms with Gasteiger partial charge in [-0.1, -0.05) is 24.3 Å². The van der Waals surface area contributed by atoms with Crippen LogP contribution in [-0.4, -0.2) is 10.8 Å². The highest BCUT2D eigenvalue weighted by molar-refractivity contribution is 5.99. The molecule has 0 bridgehead atoms. The van der Waals surface area contributed by atoms with E-state index >= 15 is 0 Å². The topological polar surface area (TPSA) is 45.5 Å². The second kappa shape index (κ2) is 6.09. The van der Waals surface area contributed by atoms with E-state index < -0.39 is 0 Å². The van der Waals surface area contributed by atoms with Crippen molar-refractivity contribution in [3.63, 3.8) is 0 Å². The largest absolute Gasteiger partial charge is 0.467 e. The van der Waals surface area contributed by atoms with Gasteiger partial charge in [0.25, 0.3) is 5.91 Å². The maximum Gasteiger partial charge on any atom is 0.256 e. The van der Waals surface area contributed by atoms with Gasteiger partial charge in [-0.3, -0.25) is 4.79 Å². The van der Waals surface area contributed by atoms with E-state index in [1.807, 2.05) is 36.4 Å². The molecule has 1 aromatic heterocycles. The van der Waals surface area contributed by atoms with E-state index in [0.717, 1.165) is 5.56 Å². The van der Waals surface area contributed by atoms with Gasteiger partial charge in [0.1, 0.15) is 17.7 Å². The van der Waals surface area contributed by atoms with Crippen LogP contribution in [0.5, 0.6) is 0 Å². The molecular formula is C20H17FN2O2. The lowest BCUT2D eigenvalue weighted by atomic mass is 10.1. The molecule has 25 heavy (non-hydrogen) atoms. The Morgan fingerprint density at radius 1 is 1.16 bits per heavy atom. The number of amides is 1. The molecule has 1 N–H and O–H groups in total. The third-order valence-electron chi connectivity index (χ3n) is 4.44. The molecular weight excluding hydrogens is 319 g/mol. The quantitative estimate of drug-likeness (QED) is 0.763. The van der Waals surface area contributed by atoms with Crippen LogP contribution in [0.15, 0.2) is 65.3 Å². The molecule has 1 aliphatic rings. The monoisotopic (exact) mass is 336 g/mol. The zero-order valence-corrected chi connectivity index (χ0v) is 13.7. The van der Waals surface area contributed by atoms with E-state index in [-0.39, 0.29) is 17.9 Å². The number of nitrogens with one attached hydrogen (secondary N) is 1. The number of carbonyl (C=O) groups excluding carboxylic acids is 1. The summed E-state index contributed by atoms with van der Waals surface area (Å²) in [5, 5.41) is 3.28. The van der Waals surface area contributed by atoms with E-state index in [2.05, 4.69) is 5.32 Å². The number of carbonyl (C=O) groups is 1. The van der Waals surface area contributed by atoms with Crippen LogP contribution in [0, 0.1) is 12.7 Å². The Balaban J connectivity index is 1.70. The molecule has 1 amide bonds. The fourth-order valence-corrected chi connectivity index (χ4v) is 3.10. The van der Waals surface area contributed by atoms with Crippen LogP contribution in [0.3, 0.4) is 0 Å². The van der Waals surface area contributed by atoms with Gasteiger partial charge in [0.15, 0.2) is 0 Å². The predicted octanol–water partition coefficient (Wildman–Crippen LogP) is 4.49. The first-order valence-electron chi connectivity index (χ1n) is 8.08. The van der Waals surface area contributed by atoms with Crippen LogP contribution < -0.4 is 5.32 Å². The van der Waals surface area contributed by atoms with Crippen LogP contribution in [0.1, 0.15) is 33.4 Å². The lowest BCUT2D eigenvalue weighted by Gasteiger charge is -2.26. The molecule has 1 atom stereocenters. The Labute approximate surface area is 144 Å². The lowest BCUT2D eigenvalue weighted by Crippen LogP contribution is -2.31. The third kappa shape index (κ3) is 2.78. The molecule has 0 saturated carbocycles. The Kier molecular flexibility index (Phi) is 3.76. The van der Waals surface area contributed by atoms with Gasteiger partial charge >= 0.3 is 0 Å². The SMILES string of the molecule is Cc1ccc(N[C@@H]2c3ccccc3C(=O)N2Cc2ccco2)cc1F. The molecule has 2 aromatic carbocycles. The molecule has 3 aromatic rings. The standard InChI is InChI=1S/C20H17FN2O2/c1-13-8-9-14(11-18(13)21)22-19-16-6-2-3-7-17(16)20(24)23(19)12-15-5-4-10-25-15/h2-11,19,22H,12H2,1H3/t19-/m0/s1. The molecule has 2 heterocycles. The van der Waals surface area contributed by atoms with Crippen molar-refractivity contribution in [3.8, 4) is 0 Å². The summed E-state index contributed by atoms with van der Waals surface area (Å²) in [6.07, 6.45) is 1.21. The summed E-state index contributed by atoms with van der Waals surface area (Å²) in [5.41, 5.74) is 2.74. The summed E-state index contributed by atoms with van der Waals surface area (Å²) < 4.78 is 19.3. The van der Waals surface area contributed by atoms with Crippen LogP contribution >= 0.6 is 0 Å². The molecule has 0 radical (unpaired) electrons. The molecule has 4 rings (SSSR count). The summed E-state index contributed by atoms with van der Waals surface area (Å²) in [6.45, 7) is 2.06. The number of hydrogen-bond acceptors (Lipinski definition) is 3. The van der Waals surface area contributed by atoms with Gasteiger partial charge in [0.05, 0.1) is 12.8 Å². The smallest absolute Gasteiger partial charge is 0.256 e. The van der Waals surface area contributed by atoms with E-state index in [1.54, 1.807) is 30.2 Å². The number of furan rings is 1. The minimum absolute atomic E-state index is 0.0721. The minimum Gasteiger partial charge on any atom is -0.467 e. The molecule has 4 nitrogen and oxygen atoms in total. The second-order valence-corrected chi connectivity index (χ2v) is 6.11. The van der Waals surface area contributed by atoms with Crippen LogP contribution in [0.25, 0.3) is 0 Å². The maximum absolute atomic E-state index is 13.9. The second-order valence-electron chi connectivity index (χ2n) is 6.11. The summed E-state index contributed by atoms with van der Waals surface area (Å²) in [4.78, 5) is 14.5. The van der Waals surface area contributed by atoms with E-state index in [9.17, 15) is 9.18 Å². The molecule has 5 heteroatoms. The molecule has 0 fully saturated rings. The lowest BCUT2D eigenvalue weighted by molar-refractivity contribution is 0.0715. The fourth-order valence-electron chi connectivity index (χ4n) is 3.10. The highest BCUT2D eigenvalue weighted by atomic mass is 19.1. The van der Waals surface area contributed by atoms with Gasteiger partial charge in [-0.05, 0) is 42.8 Å². The van der Waals surface area contributed by atoms with Crippen molar-refractivity contribution in [2.75, 3.05) is 5.32 Å². The molecule has 0 saturated heterocycles. The number of hydrogen-bond donors (Lipinski definition) is 1. The van der Waals surface area contributed by atoms with Crippen LogP contribution in [-0.2, 0) is 6.54 Å². The Morgan fingerprint density at radius 3 is 2.76 bits per heavy atom. The van der Waals surface area contributed by atoms with E-state index in [0.29, 0.717) is 29.1 Å². The highest BCUT2D eigenvalue weighted by Gasteiger charge is 2.36. The first-order chi connectivity index (χ1) is 12.1. The van der Waals surface area contributed by atoms with Crippen molar-refractivity contribution < 1.29 is 13.6 Å². The average molecular weight is 336 g/mol. The van der Waals surface area contributed by atoms with Gasteiger partial charge in [-0.15, -0.1) is 0 Å². The number of nitrogens with zero attached hydrogens (tertiary/aromatic N) is 1. The van der Waals surface area contributed by atoms with Crippen molar-refractivity contribution in [2.45, 2.75) is 19.6 Å². The first-order valence-corrected chi connectivity index (χ1v) is 8.08. The van der Waals surface area contributed by atoms with Gasteiger partial charge in [0, 0.05) is 16.8 Å². The highest BCUT2D eigenvalue weighted by Crippen LogP contribution is 2.35. The van der Waals surface area contributed by atoms with E-state index in [1.165, 1.54) is 6.07 Å². The van der Waals surface area contributed by atoms with E-state index in [4.69, 9.17) is 4.42 Å². The average Bonchev–Trinajstić information content (AvgIpc) is 3.21. The minimum atomic E-state index is -0.379. The number of aryl methyl sites for hydroxylation is 1. The normalized spacial score (nSPS) is 16.2. The summed E-state index contributed by atoms with van der Waals surface area (Å²) in [7, 11) is 0. The zero-order chi connectivity index (χ0) is 17.4. The number of halogens is 1. The molecule has 0 aliphatic carbocycles. The molecule has 0 spiro atoms. The molecule has 126 valence electrons. The van der Waals surface area contributed by atoms with Gasteiger partial charge in [0.2, 0.25) is 0 Å². The van der Waals surface area contributed by atoms with Gasteiger partial charge < -0.3 is 14.6 Å². The Morgan fingerprint density at radius 2 is 2.00 bits per heavy atom. The summed E-state index contributed by atoms with van der Waals surface area (Å²) in [5.74, 6) is 0.348. The number of rotatable bonds is 4. The number of fused-ring (bicyclic) bond motifs is 1. The number of anilines is 1. The third-order valence-corrected chi connectivity index (χ3v) is 4.44. The maximum atomic E-state index is 13.9. The molecule has 0 unspecified atom stereocenters. The van der Waals surface area contributed by atoms with Crippen molar-refractivity contribution in [1.82, 2.24) is 4.90 Å². The first kappa shape index (κ1) is 15.4. The summed E-state index contributed by atoms with van der Waals surface area (Å²) >= 11 is 0. The molecule has 1 aliphatic heterocycles. The van der Waals surface area contributed by atoms with Crippen molar-refractivity contribution in [3.05, 3.63) is 89.1 Å². The predicted molar refractivity (Wildman–Crippen MR) is 92.5 cm³/mol. The number of benzene rings is 2. The van der Waals surface area contributed by atoms with Crippen molar-refractivity contribution >= 4 is 11.6 Å².